The van der Waals surface area contributed by atoms with Crippen molar-refractivity contribution in [3.63, 3.8) is 0 Å². The molecule has 0 saturated heterocycles. The molecule has 0 radical (unpaired) electrons. The minimum atomic E-state index is -0.705. The topological polar surface area (TPSA) is 108 Å². The number of esters is 3. The summed E-state index contributed by atoms with van der Waals surface area (Å²) in [4.78, 5) is 49.8. The van der Waals surface area contributed by atoms with Crippen LogP contribution in [0.25, 0.3) is 5.57 Å². The van der Waals surface area contributed by atoms with E-state index in [2.05, 4.69) is 20.8 Å². The van der Waals surface area contributed by atoms with E-state index in [1.807, 2.05) is 26.0 Å². The van der Waals surface area contributed by atoms with E-state index >= 15 is 0 Å². The Bertz CT molecular complexity index is 1170. The Labute approximate surface area is 237 Å². The van der Waals surface area contributed by atoms with Gasteiger partial charge in [0.25, 0.3) is 5.91 Å². The van der Waals surface area contributed by atoms with Crippen molar-refractivity contribution in [2.24, 2.45) is 5.92 Å². The van der Waals surface area contributed by atoms with Crippen molar-refractivity contribution in [2.45, 2.75) is 92.1 Å². The number of carbonyl (C=O) groups excluding carboxylic acids is 4. The van der Waals surface area contributed by atoms with E-state index in [-0.39, 0.29) is 25.0 Å². The number of hydrogen-bond acceptors (Lipinski definition) is 8. The number of carbonyl (C=O) groups is 4. The highest BCUT2D eigenvalue weighted by Gasteiger charge is 2.40. The second kappa shape index (κ2) is 13.3. The molecule has 40 heavy (non-hydrogen) atoms. The molecule has 0 bridgehead atoms. The molecule has 2 aliphatic heterocycles. The first-order chi connectivity index (χ1) is 18.8. The summed E-state index contributed by atoms with van der Waals surface area (Å²) in [6.45, 7) is 12.9. The molecular weight excluding hydrogens is 514 g/mol. The predicted octanol–water partition coefficient (Wildman–Crippen LogP) is 5.20. The number of amides is 1. The quantitative estimate of drug-likeness (QED) is 0.208. The molecule has 2 atom stereocenters. The van der Waals surface area contributed by atoms with Gasteiger partial charge in [-0.25, -0.2) is 4.79 Å². The lowest BCUT2D eigenvalue weighted by atomic mass is 9.79. The van der Waals surface area contributed by atoms with E-state index in [0.717, 1.165) is 36.0 Å². The summed E-state index contributed by atoms with van der Waals surface area (Å²) >= 11 is 0. The standard InChI is InChI=1S/C31H43NO8/c1-8-9-10-11-19(2)20(3)23-14-26(39-29(36)18-38-22(5)34)30-24-16-32(28(35)17-37-21(4)33)13-12-25(24)31(6,7)40-27(30)15-23/h14-15,19-20H,8-13,16-18H2,1-7H3. The summed E-state index contributed by atoms with van der Waals surface area (Å²) in [5.41, 5.74) is 2.82. The Morgan fingerprint density at radius 2 is 1.70 bits per heavy atom. The molecule has 0 aliphatic carbocycles. The average Bonchev–Trinajstić information content (AvgIpc) is 2.89. The first kappa shape index (κ1) is 31.2. The van der Waals surface area contributed by atoms with Gasteiger partial charge in [-0.1, -0.05) is 46.5 Å². The van der Waals surface area contributed by atoms with E-state index in [9.17, 15) is 19.2 Å². The van der Waals surface area contributed by atoms with Crippen LogP contribution in [0.2, 0.25) is 0 Å². The lowest BCUT2D eigenvalue weighted by molar-refractivity contribution is -0.152. The van der Waals surface area contributed by atoms with E-state index in [4.69, 9.17) is 18.9 Å². The summed E-state index contributed by atoms with van der Waals surface area (Å²) < 4.78 is 22.2. The maximum Gasteiger partial charge on any atom is 0.349 e. The summed E-state index contributed by atoms with van der Waals surface area (Å²) in [6.07, 6.45) is 5.12. The lowest BCUT2D eigenvalue weighted by Crippen LogP contribution is -2.45. The van der Waals surface area contributed by atoms with Gasteiger partial charge in [-0.15, -0.1) is 0 Å². The fourth-order valence-electron chi connectivity index (χ4n) is 5.40. The van der Waals surface area contributed by atoms with Gasteiger partial charge in [0.05, 0.1) is 5.56 Å². The predicted molar refractivity (Wildman–Crippen MR) is 150 cm³/mol. The van der Waals surface area contributed by atoms with Crippen molar-refractivity contribution in [2.75, 3.05) is 26.3 Å². The monoisotopic (exact) mass is 557 g/mol. The second-order valence-corrected chi connectivity index (χ2v) is 11.3. The van der Waals surface area contributed by atoms with Gasteiger partial charge in [0.2, 0.25) is 0 Å². The Morgan fingerprint density at radius 3 is 2.35 bits per heavy atom. The van der Waals surface area contributed by atoms with Crippen molar-refractivity contribution in [3.8, 4) is 11.5 Å². The van der Waals surface area contributed by atoms with Crippen LogP contribution in [0, 0.1) is 5.92 Å². The molecule has 9 nitrogen and oxygen atoms in total. The maximum absolute atomic E-state index is 12.8. The minimum absolute atomic E-state index is 0.170. The largest absolute Gasteiger partial charge is 0.483 e. The van der Waals surface area contributed by atoms with E-state index in [0.29, 0.717) is 35.9 Å². The molecule has 2 aliphatic rings. The van der Waals surface area contributed by atoms with Gasteiger partial charge >= 0.3 is 17.9 Å². The van der Waals surface area contributed by atoms with Gasteiger partial charge in [-0.3, -0.25) is 14.4 Å². The van der Waals surface area contributed by atoms with Crippen molar-refractivity contribution < 1.29 is 38.1 Å². The van der Waals surface area contributed by atoms with Crippen LogP contribution in [-0.4, -0.2) is 60.6 Å². The number of unbranched alkanes of at least 4 members (excludes halogenated alkanes) is 2. The fourth-order valence-corrected chi connectivity index (χ4v) is 5.40. The number of rotatable bonds is 11. The number of nitrogens with zero attached hydrogens (tertiary/aromatic N) is 1. The molecule has 0 saturated carbocycles. The van der Waals surface area contributed by atoms with Crippen molar-refractivity contribution in [1.29, 1.82) is 0 Å². The third kappa shape index (κ3) is 7.64. The highest BCUT2D eigenvalue weighted by atomic mass is 16.6. The van der Waals surface area contributed by atoms with Crippen molar-refractivity contribution in [3.05, 3.63) is 28.8 Å². The zero-order chi connectivity index (χ0) is 29.6. The Morgan fingerprint density at radius 1 is 1.02 bits per heavy atom. The molecule has 1 amide bonds. The van der Waals surface area contributed by atoms with Crippen LogP contribution in [-0.2, 0) is 28.7 Å². The molecule has 2 unspecified atom stereocenters. The molecule has 0 aromatic heterocycles. The SMILES string of the molecule is CCCCCC(C)C(C)c1cc(OC(=O)COC(C)=O)c2c(c1)OC(C)(C)C1=C2CN(C(=O)COC(C)=O)CC1. The third-order valence-corrected chi connectivity index (χ3v) is 7.84. The number of fused-ring (bicyclic) bond motifs is 2. The van der Waals surface area contributed by atoms with Crippen molar-refractivity contribution in [1.82, 2.24) is 4.90 Å². The van der Waals surface area contributed by atoms with Gasteiger partial charge in [-0.05, 0) is 60.9 Å². The molecule has 9 heteroatoms. The van der Waals surface area contributed by atoms with Crippen LogP contribution in [0.4, 0.5) is 0 Å². The van der Waals surface area contributed by atoms with Crippen LogP contribution in [0.1, 0.15) is 97.6 Å². The normalized spacial score (nSPS) is 17.1. The van der Waals surface area contributed by atoms with E-state index < -0.39 is 30.1 Å². The van der Waals surface area contributed by atoms with E-state index in [1.165, 1.54) is 20.3 Å². The minimum Gasteiger partial charge on any atom is -0.483 e. The van der Waals surface area contributed by atoms with Gasteiger partial charge in [-0.2, -0.15) is 0 Å². The lowest BCUT2D eigenvalue weighted by Gasteiger charge is -2.43. The summed E-state index contributed by atoms with van der Waals surface area (Å²) in [5.74, 6) is -0.640. The van der Waals surface area contributed by atoms with Gasteiger partial charge in [0, 0.05) is 26.9 Å². The third-order valence-electron chi connectivity index (χ3n) is 7.84. The molecule has 0 N–H and O–H groups in total. The highest BCUT2D eigenvalue weighted by molar-refractivity contribution is 5.88. The molecule has 0 fully saturated rings. The van der Waals surface area contributed by atoms with Crippen LogP contribution in [0.5, 0.6) is 11.5 Å². The Balaban J connectivity index is 2.04. The van der Waals surface area contributed by atoms with E-state index in [1.54, 1.807) is 4.90 Å². The average molecular weight is 558 g/mol. The van der Waals surface area contributed by atoms with Gasteiger partial charge < -0.3 is 23.8 Å². The second-order valence-electron chi connectivity index (χ2n) is 11.3. The maximum atomic E-state index is 12.8. The van der Waals surface area contributed by atoms with Crippen molar-refractivity contribution >= 4 is 29.4 Å². The van der Waals surface area contributed by atoms with Crippen LogP contribution < -0.4 is 9.47 Å². The summed E-state index contributed by atoms with van der Waals surface area (Å²) in [7, 11) is 0. The number of hydrogen-bond donors (Lipinski definition) is 0. The number of benzene rings is 1. The molecule has 1 aromatic rings. The molecule has 3 rings (SSSR count). The molecule has 0 spiro atoms. The molecule has 2 heterocycles. The summed E-state index contributed by atoms with van der Waals surface area (Å²) in [6, 6.07) is 3.89. The van der Waals surface area contributed by atoms with Gasteiger partial charge in [0.15, 0.2) is 13.2 Å². The van der Waals surface area contributed by atoms with Gasteiger partial charge in [0.1, 0.15) is 17.1 Å². The highest BCUT2D eigenvalue weighted by Crippen LogP contribution is 2.49. The molecule has 220 valence electrons. The molecule has 1 aromatic carbocycles. The zero-order valence-corrected chi connectivity index (χ0v) is 24.9. The summed E-state index contributed by atoms with van der Waals surface area (Å²) in [5, 5.41) is 0. The zero-order valence-electron chi connectivity index (χ0n) is 24.9. The van der Waals surface area contributed by atoms with Crippen LogP contribution in [0.3, 0.4) is 0 Å². The first-order valence-electron chi connectivity index (χ1n) is 14.2. The molecular formula is C31H43NO8. The smallest absolute Gasteiger partial charge is 0.349 e. The number of ether oxygens (including phenoxy) is 4. The first-order valence-corrected chi connectivity index (χ1v) is 14.2. The Hall–Kier alpha value is -3.36. The Kier molecular flexibility index (Phi) is 10.4. The fraction of sp³-hybridized carbons (Fsp3) is 0.613. The van der Waals surface area contributed by atoms with Crippen LogP contribution >= 0.6 is 0 Å². The van der Waals surface area contributed by atoms with Crippen LogP contribution in [0.15, 0.2) is 17.7 Å².